The molecule has 0 unspecified atom stereocenters. The highest BCUT2D eigenvalue weighted by atomic mass is 19.4. The average molecular weight is 618 g/mol. The Balaban J connectivity index is 1.37. The van der Waals surface area contributed by atoms with Gasteiger partial charge in [0.05, 0.1) is 17.7 Å². The quantitative estimate of drug-likeness (QED) is 0.185. The Labute approximate surface area is 253 Å². The Hall–Kier alpha value is -3.50. The number of carbonyl (C=O) groups is 3. The predicted octanol–water partition coefficient (Wildman–Crippen LogP) is -0.308. The normalized spacial score (nSPS) is 21.4. The van der Waals surface area contributed by atoms with Crippen LogP contribution in [-0.4, -0.2) is 78.6 Å². The number of alkyl halides is 3. The lowest BCUT2D eigenvalue weighted by atomic mass is 9.79. The molecule has 2 aromatic rings. The maximum atomic E-state index is 13.3. The van der Waals surface area contributed by atoms with E-state index in [4.69, 9.17) is 21.9 Å². The average Bonchev–Trinajstić information content (AvgIpc) is 3.30. The van der Waals surface area contributed by atoms with Gasteiger partial charge in [0.15, 0.2) is 0 Å². The molecule has 0 radical (unpaired) electrons. The van der Waals surface area contributed by atoms with Gasteiger partial charge in [-0.15, -0.1) is 0 Å². The molecule has 3 amide bonds. The number of rotatable bonds is 11. The van der Waals surface area contributed by atoms with Gasteiger partial charge in [-0.3, -0.25) is 14.4 Å². The summed E-state index contributed by atoms with van der Waals surface area (Å²) in [6.07, 6.45) is -4.25. The summed E-state index contributed by atoms with van der Waals surface area (Å²) in [5.74, 6) is -1.45. The lowest BCUT2D eigenvalue weighted by Crippen LogP contribution is -2.54. The molecule has 2 aliphatic rings. The molecular formula is C29H38BF3N6O5. The number of piperidine rings is 1. The van der Waals surface area contributed by atoms with Crippen molar-refractivity contribution < 1.29 is 37.2 Å². The summed E-state index contributed by atoms with van der Waals surface area (Å²) in [4.78, 5) is 40.5. The lowest BCUT2D eigenvalue weighted by Gasteiger charge is -2.34. The van der Waals surface area contributed by atoms with Crippen LogP contribution in [0.15, 0.2) is 48.5 Å². The molecule has 1 saturated heterocycles. The number of amides is 3. The minimum absolute atomic E-state index is 0.000219. The number of halogens is 3. The summed E-state index contributed by atoms with van der Waals surface area (Å²) in [7, 11) is -1.14. The molecule has 0 spiro atoms. The largest absolute Gasteiger partial charge is 0.492 e. The van der Waals surface area contributed by atoms with Crippen LogP contribution in [0.3, 0.4) is 0 Å². The Morgan fingerprint density at radius 3 is 2.34 bits per heavy atom. The zero-order valence-electron chi connectivity index (χ0n) is 24.1. The Morgan fingerprint density at radius 2 is 1.68 bits per heavy atom. The first-order valence-corrected chi connectivity index (χ1v) is 14.5. The minimum Gasteiger partial charge on any atom is -0.423 e. The molecule has 0 bridgehead atoms. The van der Waals surface area contributed by atoms with Crippen LogP contribution in [0.2, 0.25) is 0 Å². The van der Waals surface area contributed by atoms with Crippen LogP contribution < -0.4 is 33.3 Å². The van der Waals surface area contributed by atoms with E-state index in [1.165, 1.54) is 12.1 Å². The molecule has 0 aromatic heterocycles. The van der Waals surface area contributed by atoms with Crippen LogP contribution in [0.4, 0.5) is 13.2 Å². The van der Waals surface area contributed by atoms with Crippen molar-refractivity contribution in [1.82, 2.24) is 15.5 Å². The van der Waals surface area contributed by atoms with E-state index in [9.17, 15) is 32.6 Å². The number of fused-ring (bicyclic) bond motifs is 1. The van der Waals surface area contributed by atoms with Crippen LogP contribution in [0.1, 0.15) is 48.5 Å². The smallest absolute Gasteiger partial charge is 0.423 e. The molecule has 44 heavy (non-hydrogen) atoms. The molecule has 2 aliphatic heterocycles. The van der Waals surface area contributed by atoms with Crippen LogP contribution in [-0.2, 0) is 31.6 Å². The zero-order chi connectivity index (χ0) is 32.0. The molecule has 5 atom stereocenters. The first kappa shape index (κ1) is 33.4. The molecule has 238 valence electrons. The monoisotopic (exact) mass is 618 g/mol. The number of carbonyl (C=O) groups excluding carboxylic acids is 3. The van der Waals surface area contributed by atoms with Gasteiger partial charge in [0, 0.05) is 38.1 Å². The van der Waals surface area contributed by atoms with E-state index in [1.807, 2.05) is 0 Å². The van der Waals surface area contributed by atoms with Gasteiger partial charge in [0.2, 0.25) is 17.7 Å². The summed E-state index contributed by atoms with van der Waals surface area (Å²) in [5, 5.41) is 15.5. The van der Waals surface area contributed by atoms with E-state index in [0.29, 0.717) is 36.1 Å². The third-order valence-electron chi connectivity index (χ3n) is 7.87. The van der Waals surface area contributed by atoms with Gasteiger partial charge in [-0.05, 0) is 54.4 Å². The van der Waals surface area contributed by atoms with Crippen molar-refractivity contribution in [1.29, 1.82) is 0 Å². The molecule has 15 heteroatoms. The van der Waals surface area contributed by atoms with Gasteiger partial charge in [-0.1, -0.05) is 36.4 Å². The van der Waals surface area contributed by atoms with Crippen LogP contribution in [0.5, 0.6) is 0 Å². The third kappa shape index (κ3) is 8.79. The number of nitrogens with zero attached hydrogens (tertiary/aromatic N) is 1. The highest BCUT2D eigenvalue weighted by Gasteiger charge is 2.35. The lowest BCUT2D eigenvalue weighted by molar-refractivity contribution is -0.137. The SMILES string of the molecule is N[C@@H]1C[C@H](N)CN(C(=O)CC[C@H](N)C(=O)N[C@H](CCc2ccc(C(F)(F)F)cc2)C(=O)NC[C@@H]2OB(O)c3ccccc32)C1. The standard InChI is InChI=1S/C29H38BF3N6O5/c31-29(32,33)18-8-5-17(6-9-18)7-11-24(28(42)37-14-25-21-3-1-2-4-22(21)30(43)44-25)38-27(41)23(36)10-12-26(40)39-15-19(34)13-20(35)16-39/h1-6,8-9,19-20,23-25,43H,7,10-16,34-36H2,(H,37,42)(H,38,41)/t19-,20+,23-,24+,25-/m0/s1. The number of nitrogens with one attached hydrogen (secondary N) is 2. The Kier molecular flexibility index (Phi) is 11.0. The highest BCUT2D eigenvalue weighted by molar-refractivity contribution is 6.61. The van der Waals surface area contributed by atoms with Gasteiger partial charge in [0.25, 0.3) is 0 Å². The van der Waals surface area contributed by atoms with Crippen molar-refractivity contribution in [3.8, 4) is 0 Å². The summed E-state index contributed by atoms with van der Waals surface area (Å²) in [5.41, 5.74) is 19.1. The number of nitrogens with two attached hydrogens (primary N) is 3. The summed E-state index contributed by atoms with van der Waals surface area (Å²) >= 11 is 0. The van der Waals surface area contributed by atoms with E-state index < -0.39 is 48.9 Å². The number of benzene rings is 2. The maximum absolute atomic E-state index is 13.3. The van der Waals surface area contributed by atoms with Gasteiger partial charge in [-0.25, -0.2) is 0 Å². The number of hydrogen-bond donors (Lipinski definition) is 6. The van der Waals surface area contributed by atoms with Gasteiger partial charge < -0.3 is 42.4 Å². The predicted molar refractivity (Wildman–Crippen MR) is 157 cm³/mol. The minimum atomic E-state index is -4.48. The van der Waals surface area contributed by atoms with E-state index in [-0.39, 0.29) is 50.2 Å². The number of hydrogen-bond acceptors (Lipinski definition) is 8. The van der Waals surface area contributed by atoms with E-state index in [2.05, 4.69) is 10.6 Å². The second-order valence-corrected chi connectivity index (χ2v) is 11.3. The molecule has 2 aromatic carbocycles. The summed E-state index contributed by atoms with van der Waals surface area (Å²) < 4.78 is 44.5. The molecule has 9 N–H and O–H groups in total. The van der Waals surface area contributed by atoms with Crippen molar-refractivity contribution >= 4 is 30.3 Å². The molecule has 4 rings (SSSR count). The van der Waals surface area contributed by atoms with E-state index in [0.717, 1.165) is 12.1 Å². The van der Waals surface area contributed by atoms with Crippen LogP contribution in [0, 0.1) is 0 Å². The number of aryl methyl sites for hydroxylation is 1. The fraction of sp³-hybridized carbons (Fsp3) is 0.483. The van der Waals surface area contributed by atoms with Crippen LogP contribution in [0.25, 0.3) is 0 Å². The third-order valence-corrected chi connectivity index (χ3v) is 7.87. The zero-order valence-corrected chi connectivity index (χ0v) is 24.1. The number of likely N-dealkylation sites (tertiary alicyclic amines) is 1. The fourth-order valence-corrected chi connectivity index (χ4v) is 5.48. The highest BCUT2D eigenvalue weighted by Crippen LogP contribution is 2.29. The molecule has 11 nitrogen and oxygen atoms in total. The molecular weight excluding hydrogens is 580 g/mol. The first-order chi connectivity index (χ1) is 20.8. The summed E-state index contributed by atoms with van der Waals surface area (Å²) in [6, 6.07) is 8.93. The molecule has 2 heterocycles. The van der Waals surface area contributed by atoms with Gasteiger partial charge in [0.1, 0.15) is 6.04 Å². The maximum Gasteiger partial charge on any atom is 0.492 e. The van der Waals surface area contributed by atoms with E-state index in [1.54, 1.807) is 29.2 Å². The fourth-order valence-electron chi connectivity index (χ4n) is 5.48. The van der Waals surface area contributed by atoms with Crippen molar-refractivity contribution in [2.45, 2.75) is 68.6 Å². The van der Waals surface area contributed by atoms with E-state index >= 15 is 0 Å². The van der Waals surface area contributed by atoms with Gasteiger partial charge >= 0.3 is 13.3 Å². The second kappa shape index (κ2) is 14.5. The Morgan fingerprint density at radius 1 is 1.02 bits per heavy atom. The van der Waals surface area contributed by atoms with Crippen molar-refractivity contribution in [2.24, 2.45) is 17.2 Å². The molecule has 0 saturated carbocycles. The summed E-state index contributed by atoms with van der Waals surface area (Å²) in [6.45, 7) is 0.735. The van der Waals surface area contributed by atoms with Crippen molar-refractivity contribution in [3.63, 3.8) is 0 Å². The Bertz CT molecular complexity index is 1310. The van der Waals surface area contributed by atoms with Crippen LogP contribution >= 0.6 is 0 Å². The second-order valence-electron chi connectivity index (χ2n) is 11.3. The molecule has 0 aliphatic carbocycles. The molecule has 1 fully saturated rings. The van der Waals surface area contributed by atoms with Gasteiger partial charge in [-0.2, -0.15) is 13.2 Å². The first-order valence-electron chi connectivity index (χ1n) is 14.5. The topological polar surface area (TPSA) is 186 Å². The van der Waals surface area contributed by atoms with Crippen molar-refractivity contribution in [2.75, 3.05) is 19.6 Å². The van der Waals surface area contributed by atoms with Crippen molar-refractivity contribution in [3.05, 3.63) is 65.2 Å².